The van der Waals surface area contributed by atoms with Gasteiger partial charge in [-0.25, -0.2) is 0 Å². The van der Waals surface area contributed by atoms with Gasteiger partial charge in [0.15, 0.2) is 11.5 Å². The summed E-state index contributed by atoms with van der Waals surface area (Å²) in [5.41, 5.74) is 1.14. The highest BCUT2D eigenvalue weighted by molar-refractivity contribution is 9.10. The van der Waals surface area contributed by atoms with E-state index in [1.54, 1.807) is 0 Å². The molecule has 0 aliphatic carbocycles. The van der Waals surface area contributed by atoms with Crippen LogP contribution in [-0.2, 0) is 6.54 Å². The van der Waals surface area contributed by atoms with Crippen LogP contribution in [-0.4, -0.2) is 31.5 Å². The van der Waals surface area contributed by atoms with Crippen molar-refractivity contribution in [2.45, 2.75) is 19.9 Å². The van der Waals surface area contributed by atoms with Gasteiger partial charge < -0.3 is 19.9 Å². The van der Waals surface area contributed by atoms with Crippen molar-refractivity contribution >= 4 is 15.9 Å². The van der Waals surface area contributed by atoms with Crippen molar-refractivity contribution in [3.05, 3.63) is 22.2 Å². The molecule has 1 atom stereocenters. The standard InChI is InChI=1S/C14H20BrNO3/c1-10(9-17)7-16-8-11-5-12(15)14-13(6-11)18-3-2-4-19-14/h5-6,10,16-17H,2-4,7-9H2,1H3. The number of ether oxygens (including phenoxy) is 2. The molecule has 0 aromatic heterocycles. The molecule has 0 bridgehead atoms. The van der Waals surface area contributed by atoms with E-state index in [1.807, 2.05) is 19.1 Å². The van der Waals surface area contributed by atoms with Crippen molar-refractivity contribution in [1.29, 1.82) is 0 Å². The summed E-state index contributed by atoms with van der Waals surface area (Å²) >= 11 is 3.53. The van der Waals surface area contributed by atoms with Crippen LogP contribution in [0.15, 0.2) is 16.6 Å². The lowest BCUT2D eigenvalue weighted by molar-refractivity contribution is 0.233. The summed E-state index contributed by atoms with van der Waals surface area (Å²) in [6.45, 7) is 5.14. The quantitative estimate of drug-likeness (QED) is 0.870. The minimum absolute atomic E-state index is 0.206. The number of aliphatic hydroxyl groups is 1. The molecule has 0 saturated carbocycles. The van der Waals surface area contributed by atoms with Crippen LogP contribution in [0.2, 0.25) is 0 Å². The number of aliphatic hydroxyl groups excluding tert-OH is 1. The molecule has 2 rings (SSSR count). The fourth-order valence-corrected chi connectivity index (χ4v) is 2.52. The van der Waals surface area contributed by atoms with Gasteiger partial charge in [0.1, 0.15) is 0 Å². The van der Waals surface area contributed by atoms with E-state index >= 15 is 0 Å². The fourth-order valence-electron chi connectivity index (χ4n) is 1.91. The first kappa shape index (κ1) is 14.6. The van der Waals surface area contributed by atoms with Crippen LogP contribution in [0.25, 0.3) is 0 Å². The summed E-state index contributed by atoms with van der Waals surface area (Å²) in [6, 6.07) is 4.06. The topological polar surface area (TPSA) is 50.7 Å². The van der Waals surface area contributed by atoms with E-state index in [4.69, 9.17) is 14.6 Å². The molecular formula is C14H20BrNO3. The molecule has 1 aromatic rings. The van der Waals surface area contributed by atoms with Crippen LogP contribution < -0.4 is 14.8 Å². The van der Waals surface area contributed by atoms with Crippen LogP contribution in [0.3, 0.4) is 0 Å². The maximum absolute atomic E-state index is 8.98. The van der Waals surface area contributed by atoms with Gasteiger partial charge in [0.05, 0.1) is 17.7 Å². The molecule has 1 aliphatic heterocycles. The Balaban J connectivity index is 2.02. The molecule has 0 radical (unpaired) electrons. The molecule has 0 spiro atoms. The van der Waals surface area contributed by atoms with E-state index in [-0.39, 0.29) is 12.5 Å². The first-order valence-corrected chi connectivity index (χ1v) is 7.39. The molecule has 4 nitrogen and oxygen atoms in total. The van der Waals surface area contributed by atoms with E-state index in [1.165, 1.54) is 0 Å². The van der Waals surface area contributed by atoms with Gasteiger partial charge in [-0.2, -0.15) is 0 Å². The Morgan fingerprint density at radius 3 is 2.95 bits per heavy atom. The molecule has 0 fully saturated rings. The van der Waals surface area contributed by atoms with Gasteiger partial charge in [0.2, 0.25) is 0 Å². The SMILES string of the molecule is CC(CO)CNCc1cc(Br)c2c(c1)OCCCO2. The second-order valence-electron chi connectivity index (χ2n) is 4.87. The molecule has 1 unspecified atom stereocenters. The summed E-state index contributed by atoms with van der Waals surface area (Å²) in [7, 11) is 0. The monoisotopic (exact) mass is 329 g/mol. The van der Waals surface area contributed by atoms with Crippen LogP contribution in [0.1, 0.15) is 18.9 Å². The van der Waals surface area contributed by atoms with Crippen LogP contribution in [0.5, 0.6) is 11.5 Å². The lowest BCUT2D eigenvalue weighted by Gasteiger charge is -2.13. The van der Waals surface area contributed by atoms with Gasteiger partial charge in [-0.05, 0) is 39.5 Å². The summed E-state index contributed by atoms with van der Waals surface area (Å²) < 4.78 is 12.3. The number of fused-ring (bicyclic) bond motifs is 1. The molecule has 1 aromatic carbocycles. The van der Waals surface area contributed by atoms with Gasteiger partial charge in [0, 0.05) is 26.1 Å². The van der Waals surface area contributed by atoms with Crippen molar-refractivity contribution in [3.8, 4) is 11.5 Å². The number of hydrogen-bond acceptors (Lipinski definition) is 4. The van der Waals surface area contributed by atoms with Crippen LogP contribution in [0, 0.1) is 5.92 Å². The van der Waals surface area contributed by atoms with Gasteiger partial charge >= 0.3 is 0 Å². The number of hydrogen-bond donors (Lipinski definition) is 2. The zero-order valence-electron chi connectivity index (χ0n) is 11.1. The fraction of sp³-hybridized carbons (Fsp3) is 0.571. The molecule has 2 N–H and O–H groups in total. The minimum atomic E-state index is 0.206. The Morgan fingerprint density at radius 2 is 2.16 bits per heavy atom. The zero-order valence-corrected chi connectivity index (χ0v) is 12.7. The lowest BCUT2D eigenvalue weighted by atomic mass is 10.1. The summed E-state index contributed by atoms with van der Waals surface area (Å²) in [5.74, 6) is 1.87. The van der Waals surface area contributed by atoms with E-state index in [0.29, 0.717) is 13.2 Å². The first-order valence-electron chi connectivity index (χ1n) is 6.60. The minimum Gasteiger partial charge on any atom is -0.490 e. The van der Waals surface area contributed by atoms with Crippen LogP contribution in [0.4, 0.5) is 0 Å². The molecule has 5 heteroatoms. The normalized spacial score (nSPS) is 15.9. The molecule has 1 aliphatic rings. The first-order chi connectivity index (χ1) is 9.20. The molecule has 106 valence electrons. The predicted octanol–water partition coefficient (Wildman–Crippen LogP) is 2.33. The second kappa shape index (κ2) is 7.12. The average molecular weight is 330 g/mol. The van der Waals surface area contributed by atoms with Crippen molar-refractivity contribution in [1.82, 2.24) is 5.32 Å². The Kier molecular flexibility index (Phi) is 5.48. The largest absolute Gasteiger partial charge is 0.490 e. The lowest BCUT2D eigenvalue weighted by Crippen LogP contribution is -2.22. The summed E-state index contributed by atoms with van der Waals surface area (Å²) in [6.07, 6.45) is 0.905. The maximum Gasteiger partial charge on any atom is 0.175 e. The third kappa shape index (κ3) is 4.09. The third-order valence-corrected chi connectivity index (χ3v) is 3.58. The van der Waals surface area contributed by atoms with Crippen LogP contribution >= 0.6 is 15.9 Å². The highest BCUT2D eigenvalue weighted by Gasteiger charge is 2.15. The van der Waals surface area contributed by atoms with E-state index in [9.17, 15) is 0 Å². The molecule has 0 saturated heterocycles. The number of nitrogens with one attached hydrogen (secondary N) is 1. The highest BCUT2D eigenvalue weighted by Crippen LogP contribution is 2.38. The molecular weight excluding hydrogens is 310 g/mol. The van der Waals surface area contributed by atoms with Crippen molar-refractivity contribution in [2.75, 3.05) is 26.4 Å². The predicted molar refractivity (Wildman–Crippen MR) is 77.7 cm³/mol. The molecule has 1 heterocycles. The van der Waals surface area contributed by atoms with Crippen molar-refractivity contribution in [3.63, 3.8) is 0 Å². The van der Waals surface area contributed by atoms with E-state index in [2.05, 4.69) is 21.2 Å². The number of benzene rings is 1. The summed E-state index contributed by atoms with van der Waals surface area (Å²) in [5, 5.41) is 12.3. The Morgan fingerprint density at radius 1 is 1.37 bits per heavy atom. The second-order valence-corrected chi connectivity index (χ2v) is 5.73. The summed E-state index contributed by atoms with van der Waals surface area (Å²) in [4.78, 5) is 0. The van der Waals surface area contributed by atoms with Gasteiger partial charge in [-0.1, -0.05) is 6.92 Å². The maximum atomic E-state index is 8.98. The Labute approximate surface area is 122 Å². The Bertz CT molecular complexity index is 425. The van der Waals surface area contributed by atoms with Gasteiger partial charge in [0.25, 0.3) is 0 Å². The van der Waals surface area contributed by atoms with Gasteiger partial charge in [-0.15, -0.1) is 0 Å². The number of halogens is 1. The Hall–Kier alpha value is -0.780. The van der Waals surface area contributed by atoms with Gasteiger partial charge in [-0.3, -0.25) is 0 Å². The third-order valence-electron chi connectivity index (χ3n) is 3.00. The van der Waals surface area contributed by atoms with Crippen molar-refractivity contribution in [2.24, 2.45) is 5.92 Å². The molecule has 0 amide bonds. The smallest absolute Gasteiger partial charge is 0.175 e. The van der Waals surface area contributed by atoms with E-state index in [0.717, 1.165) is 41.0 Å². The average Bonchev–Trinajstić information content (AvgIpc) is 2.64. The zero-order chi connectivity index (χ0) is 13.7. The highest BCUT2D eigenvalue weighted by atomic mass is 79.9. The van der Waals surface area contributed by atoms with E-state index < -0.39 is 0 Å². The van der Waals surface area contributed by atoms with Crippen molar-refractivity contribution < 1.29 is 14.6 Å². The number of rotatable bonds is 5. The molecule has 19 heavy (non-hydrogen) atoms.